The van der Waals surface area contributed by atoms with Crippen molar-refractivity contribution in [1.82, 2.24) is 10.3 Å². The number of hydrogen-bond donors (Lipinski definition) is 4. The first kappa shape index (κ1) is 24.8. The summed E-state index contributed by atoms with van der Waals surface area (Å²) in [6.07, 6.45) is -1.56. The lowest BCUT2D eigenvalue weighted by Gasteiger charge is -2.37. The summed E-state index contributed by atoms with van der Waals surface area (Å²) >= 11 is 1.04. The third kappa shape index (κ3) is 5.22. The van der Waals surface area contributed by atoms with Gasteiger partial charge in [0.25, 0.3) is 0 Å². The molecule has 11 heteroatoms. The molecule has 3 atom stereocenters. The van der Waals surface area contributed by atoms with E-state index in [1.807, 2.05) is 13.0 Å². The van der Waals surface area contributed by atoms with Crippen LogP contribution in [0.3, 0.4) is 0 Å². The summed E-state index contributed by atoms with van der Waals surface area (Å²) in [6.45, 7) is 2.19. The molecule has 0 aliphatic carbocycles. The summed E-state index contributed by atoms with van der Waals surface area (Å²) in [5.41, 5.74) is 7.24. The Hall–Kier alpha value is -3.80. The second-order valence-electron chi connectivity index (χ2n) is 7.72. The lowest BCUT2D eigenvalue weighted by molar-refractivity contribution is -0.117. The minimum absolute atomic E-state index is 0.0454. The molecule has 34 heavy (non-hydrogen) atoms. The number of benzene rings is 1. The highest BCUT2D eigenvalue weighted by molar-refractivity contribution is 8.00. The van der Waals surface area contributed by atoms with Crippen molar-refractivity contribution in [2.75, 3.05) is 18.0 Å². The number of β-amino-alcohol motifs (C(OH)–C–C–N with tert-alkyl or cyclic N) is 1. The molecule has 0 saturated carbocycles. The van der Waals surface area contributed by atoms with Gasteiger partial charge in [0.15, 0.2) is 0 Å². The highest BCUT2D eigenvalue weighted by atomic mass is 32.2. The number of aromatic nitrogens is 1. The number of thioether (sulfide) groups is 1. The van der Waals surface area contributed by atoms with Gasteiger partial charge < -0.3 is 26.2 Å². The van der Waals surface area contributed by atoms with Crippen molar-refractivity contribution >= 4 is 29.6 Å². The topological polar surface area (TPSA) is 176 Å². The van der Waals surface area contributed by atoms with Crippen molar-refractivity contribution in [3.05, 3.63) is 52.6 Å². The Kier molecular flexibility index (Phi) is 7.95. The van der Waals surface area contributed by atoms with Gasteiger partial charge in [0.1, 0.15) is 28.2 Å². The Morgan fingerprint density at radius 2 is 1.97 bits per heavy atom. The number of carbonyl (C=O) groups excluding carboxylic acids is 1. The maximum atomic E-state index is 12.3. The molecule has 1 aliphatic heterocycles. The zero-order chi connectivity index (χ0) is 24.8. The summed E-state index contributed by atoms with van der Waals surface area (Å²) in [6, 6.07) is 12.5. The Morgan fingerprint density at radius 3 is 2.50 bits per heavy atom. The number of amides is 2. The summed E-state index contributed by atoms with van der Waals surface area (Å²) < 4.78 is 0. The standard InChI is InChI=1S/C23H24N6O4S/c1-2-14-15(10-24)21(29-9-8-17(18(30)12-29)27-23(32)33)28-22(16(14)11-25)34-19(20(26)31)13-6-4-3-5-7-13/h3-7,17-19,27,30H,2,8-9,12H2,1H3,(H2,26,31)(H,32,33)/t17-,18-,19-/m1/s1. The zero-order valence-corrected chi connectivity index (χ0v) is 19.2. The van der Waals surface area contributed by atoms with Gasteiger partial charge in [0.2, 0.25) is 5.91 Å². The fraction of sp³-hybridized carbons (Fsp3) is 0.348. The van der Waals surface area contributed by atoms with Crippen LogP contribution >= 0.6 is 11.8 Å². The third-order valence-corrected chi connectivity index (χ3v) is 6.87. The minimum Gasteiger partial charge on any atom is -0.465 e. The van der Waals surface area contributed by atoms with Crippen molar-refractivity contribution in [3.63, 3.8) is 0 Å². The molecule has 1 aromatic heterocycles. The number of carboxylic acid groups (broad SMARTS) is 1. The fourth-order valence-corrected chi connectivity index (χ4v) is 5.04. The molecule has 2 aromatic rings. The Balaban J connectivity index is 2.06. The molecule has 10 nitrogen and oxygen atoms in total. The number of nitriles is 2. The van der Waals surface area contributed by atoms with Gasteiger partial charge in [0, 0.05) is 13.1 Å². The molecule has 1 saturated heterocycles. The molecular weight excluding hydrogens is 456 g/mol. The average molecular weight is 481 g/mol. The number of nitrogens with zero attached hydrogens (tertiary/aromatic N) is 4. The van der Waals surface area contributed by atoms with Gasteiger partial charge in [-0.25, -0.2) is 9.78 Å². The Labute approximate surface area is 201 Å². The van der Waals surface area contributed by atoms with Crippen LogP contribution in [0.1, 0.15) is 40.8 Å². The van der Waals surface area contributed by atoms with E-state index < -0.39 is 29.4 Å². The first-order chi connectivity index (χ1) is 16.3. The van der Waals surface area contributed by atoms with E-state index in [1.54, 1.807) is 29.2 Å². The van der Waals surface area contributed by atoms with E-state index in [1.165, 1.54) is 0 Å². The average Bonchev–Trinajstić information content (AvgIpc) is 2.82. The molecule has 176 valence electrons. The molecule has 1 aromatic carbocycles. The van der Waals surface area contributed by atoms with E-state index in [-0.39, 0.29) is 28.5 Å². The summed E-state index contributed by atoms with van der Waals surface area (Å²) in [5.74, 6) is -0.313. The van der Waals surface area contributed by atoms with Gasteiger partial charge in [-0.2, -0.15) is 10.5 Å². The molecule has 1 fully saturated rings. The molecule has 1 aliphatic rings. The Morgan fingerprint density at radius 1 is 1.29 bits per heavy atom. The van der Waals surface area contributed by atoms with Crippen LogP contribution in [0.5, 0.6) is 0 Å². The van der Waals surface area contributed by atoms with Gasteiger partial charge in [-0.1, -0.05) is 49.0 Å². The van der Waals surface area contributed by atoms with Crippen LogP contribution < -0.4 is 16.0 Å². The summed E-state index contributed by atoms with van der Waals surface area (Å²) in [7, 11) is 0. The van der Waals surface area contributed by atoms with Crippen LogP contribution in [0, 0.1) is 22.7 Å². The number of piperidine rings is 1. The van der Waals surface area contributed by atoms with Crippen LogP contribution in [-0.4, -0.2) is 52.4 Å². The van der Waals surface area contributed by atoms with Crippen LogP contribution in [0.25, 0.3) is 0 Å². The maximum absolute atomic E-state index is 12.3. The molecule has 0 spiro atoms. The highest BCUT2D eigenvalue weighted by Gasteiger charge is 2.33. The van der Waals surface area contributed by atoms with E-state index >= 15 is 0 Å². The third-order valence-electron chi connectivity index (χ3n) is 5.61. The molecule has 5 N–H and O–H groups in total. The zero-order valence-electron chi connectivity index (χ0n) is 18.4. The summed E-state index contributed by atoms with van der Waals surface area (Å²) in [4.78, 5) is 29.6. The number of aliphatic hydroxyl groups excluding tert-OH is 1. The van der Waals surface area contributed by atoms with Crippen molar-refractivity contribution in [2.45, 2.75) is 42.2 Å². The number of nitrogens with two attached hydrogens (primary N) is 1. The molecule has 0 unspecified atom stereocenters. The fourth-order valence-electron chi connectivity index (χ4n) is 3.98. The SMILES string of the molecule is CCc1c(C#N)c(S[C@@H](C(N)=O)c2ccccc2)nc(N2CC[C@@H](NC(=O)O)[C@H](O)C2)c1C#N. The molecule has 0 bridgehead atoms. The number of carbonyl (C=O) groups is 2. The lowest BCUT2D eigenvalue weighted by atomic mass is 9.98. The highest BCUT2D eigenvalue weighted by Crippen LogP contribution is 2.39. The van der Waals surface area contributed by atoms with Crippen molar-refractivity contribution < 1.29 is 19.8 Å². The summed E-state index contributed by atoms with van der Waals surface area (Å²) in [5, 5.41) is 41.0. The van der Waals surface area contributed by atoms with E-state index in [0.717, 1.165) is 11.8 Å². The van der Waals surface area contributed by atoms with Crippen molar-refractivity contribution in [1.29, 1.82) is 10.5 Å². The monoisotopic (exact) mass is 480 g/mol. The lowest BCUT2D eigenvalue weighted by Crippen LogP contribution is -2.54. The molecule has 2 amide bonds. The molecule has 0 radical (unpaired) electrons. The number of primary amides is 1. The number of anilines is 1. The number of rotatable bonds is 7. The minimum atomic E-state index is -1.22. The predicted octanol–water partition coefficient (Wildman–Crippen LogP) is 1.91. The number of aliphatic hydroxyl groups is 1. The molecule has 2 heterocycles. The second-order valence-corrected chi connectivity index (χ2v) is 8.81. The first-order valence-corrected chi connectivity index (χ1v) is 11.5. The molecular formula is C23H24N6O4S. The van der Waals surface area contributed by atoms with Gasteiger partial charge in [-0.3, -0.25) is 4.79 Å². The van der Waals surface area contributed by atoms with E-state index in [2.05, 4.69) is 22.4 Å². The van der Waals surface area contributed by atoms with Crippen LogP contribution in [0.15, 0.2) is 35.4 Å². The number of pyridine rings is 1. The van der Waals surface area contributed by atoms with Crippen LogP contribution in [-0.2, 0) is 11.2 Å². The Bertz CT molecular complexity index is 1160. The quantitative estimate of drug-likeness (QED) is 0.431. The molecule has 3 rings (SSSR count). The van der Waals surface area contributed by atoms with Gasteiger partial charge in [-0.05, 0) is 24.0 Å². The largest absolute Gasteiger partial charge is 0.465 e. The van der Waals surface area contributed by atoms with E-state index in [4.69, 9.17) is 10.8 Å². The van der Waals surface area contributed by atoms with Crippen LogP contribution in [0.2, 0.25) is 0 Å². The van der Waals surface area contributed by atoms with Crippen molar-refractivity contribution in [3.8, 4) is 12.1 Å². The van der Waals surface area contributed by atoms with E-state index in [9.17, 15) is 25.2 Å². The number of hydrogen-bond acceptors (Lipinski definition) is 8. The van der Waals surface area contributed by atoms with Crippen LogP contribution in [0.4, 0.5) is 10.6 Å². The van der Waals surface area contributed by atoms with Gasteiger partial charge >= 0.3 is 6.09 Å². The van der Waals surface area contributed by atoms with E-state index in [0.29, 0.717) is 30.5 Å². The number of nitrogens with one attached hydrogen (secondary N) is 1. The predicted molar refractivity (Wildman–Crippen MR) is 125 cm³/mol. The van der Waals surface area contributed by atoms with Crippen molar-refractivity contribution in [2.24, 2.45) is 5.73 Å². The smallest absolute Gasteiger partial charge is 0.404 e. The first-order valence-electron chi connectivity index (χ1n) is 10.6. The van der Waals surface area contributed by atoms with Gasteiger partial charge in [-0.15, -0.1) is 0 Å². The normalized spacial score (nSPS) is 18.4. The van der Waals surface area contributed by atoms with Gasteiger partial charge in [0.05, 0.1) is 23.3 Å². The maximum Gasteiger partial charge on any atom is 0.404 e. The second kappa shape index (κ2) is 10.9.